The fourth-order valence-corrected chi connectivity index (χ4v) is 7.96. The van der Waals surface area contributed by atoms with E-state index in [2.05, 4.69) is 55.0 Å². The van der Waals surface area contributed by atoms with Crippen LogP contribution in [0.15, 0.2) is 0 Å². The predicted molar refractivity (Wildman–Crippen MR) is 133 cm³/mol. The van der Waals surface area contributed by atoms with Gasteiger partial charge in [-0.25, -0.2) is 0 Å². The lowest BCUT2D eigenvalue weighted by atomic mass is 10.0. The molecule has 0 atom stereocenters. The second-order valence-corrected chi connectivity index (χ2v) is 14.4. The van der Waals surface area contributed by atoms with Gasteiger partial charge >= 0.3 is 8.56 Å². The van der Waals surface area contributed by atoms with E-state index in [1.165, 1.54) is 96.3 Å². The first-order valence-electron chi connectivity index (χ1n) is 12.9. The zero-order chi connectivity index (χ0) is 22.2. The summed E-state index contributed by atoms with van der Waals surface area (Å²) in [4.78, 5) is 0. The molecule has 0 aromatic rings. The second-order valence-electron chi connectivity index (χ2n) is 11.3. The molecule has 176 valence electrons. The fourth-order valence-electron chi connectivity index (χ4n) is 4.24. The van der Waals surface area contributed by atoms with Crippen LogP contribution in [0.1, 0.15) is 145 Å². The van der Waals surface area contributed by atoms with Crippen molar-refractivity contribution >= 4 is 8.56 Å². The van der Waals surface area contributed by atoms with E-state index in [0.29, 0.717) is 0 Å². The molecule has 0 fully saturated rings. The molecule has 0 aromatic heterocycles. The van der Waals surface area contributed by atoms with E-state index >= 15 is 0 Å². The number of hydrogen-bond donors (Lipinski definition) is 0. The summed E-state index contributed by atoms with van der Waals surface area (Å²) in [5, 5.41) is 0. The van der Waals surface area contributed by atoms with Crippen molar-refractivity contribution in [2.24, 2.45) is 0 Å². The first-order chi connectivity index (χ1) is 13.5. The largest absolute Gasteiger partial charge is 0.389 e. The van der Waals surface area contributed by atoms with Crippen LogP contribution in [0.2, 0.25) is 12.6 Å². The zero-order valence-electron chi connectivity index (χ0n) is 21.6. The van der Waals surface area contributed by atoms with Gasteiger partial charge in [-0.15, -0.1) is 0 Å². The minimum absolute atomic E-state index is 0.123. The summed E-state index contributed by atoms with van der Waals surface area (Å²) in [5.41, 5.74) is -0.247. The standard InChI is InChI=1S/C26H56O2Si/c1-9-10-11-12-13-14-15-16-17-18-19-20-21-22-23-24-29(8,27-25(2,3)4)28-26(5,6)7/h9-24H2,1-8H3. The van der Waals surface area contributed by atoms with Crippen LogP contribution in [-0.2, 0) is 8.85 Å². The molecule has 0 saturated carbocycles. The Labute approximate surface area is 186 Å². The van der Waals surface area contributed by atoms with Gasteiger partial charge < -0.3 is 8.85 Å². The molecule has 0 saturated heterocycles. The van der Waals surface area contributed by atoms with Crippen molar-refractivity contribution in [3.63, 3.8) is 0 Å². The molecular weight excluding hydrogens is 372 g/mol. The van der Waals surface area contributed by atoms with Crippen LogP contribution in [0.25, 0.3) is 0 Å². The van der Waals surface area contributed by atoms with Gasteiger partial charge in [0, 0.05) is 0 Å². The monoisotopic (exact) mass is 428 g/mol. The van der Waals surface area contributed by atoms with E-state index in [-0.39, 0.29) is 11.2 Å². The molecule has 0 N–H and O–H groups in total. The van der Waals surface area contributed by atoms with Crippen molar-refractivity contribution in [2.45, 2.75) is 169 Å². The molecule has 0 unspecified atom stereocenters. The van der Waals surface area contributed by atoms with Crippen LogP contribution in [0.3, 0.4) is 0 Å². The van der Waals surface area contributed by atoms with Gasteiger partial charge in [-0.2, -0.15) is 0 Å². The summed E-state index contributed by atoms with van der Waals surface area (Å²) in [6.07, 6.45) is 21.1. The van der Waals surface area contributed by atoms with Gasteiger partial charge in [-0.1, -0.05) is 103 Å². The summed E-state index contributed by atoms with van der Waals surface area (Å²) < 4.78 is 12.9. The average molecular weight is 429 g/mol. The molecule has 0 aliphatic heterocycles. The lowest BCUT2D eigenvalue weighted by Crippen LogP contribution is -2.49. The molecule has 0 aliphatic carbocycles. The Balaban J connectivity index is 3.70. The van der Waals surface area contributed by atoms with Crippen LogP contribution in [0, 0.1) is 0 Å². The van der Waals surface area contributed by atoms with Gasteiger partial charge in [0.15, 0.2) is 0 Å². The minimum Gasteiger partial charge on any atom is -0.389 e. The van der Waals surface area contributed by atoms with Crippen molar-refractivity contribution in [3.8, 4) is 0 Å². The first-order valence-corrected chi connectivity index (χ1v) is 15.4. The highest BCUT2D eigenvalue weighted by Gasteiger charge is 2.38. The second kappa shape index (κ2) is 15.9. The number of unbranched alkanes of at least 4 members (excludes halogenated alkanes) is 14. The summed E-state index contributed by atoms with van der Waals surface area (Å²) in [6, 6.07) is 1.11. The Hall–Kier alpha value is 0.137. The zero-order valence-corrected chi connectivity index (χ0v) is 22.6. The molecule has 2 nitrogen and oxygen atoms in total. The Kier molecular flexibility index (Phi) is 15.9. The molecule has 0 heterocycles. The molecule has 0 aliphatic rings. The Bertz CT molecular complexity index is 352. The molecule has 29 heavy (non-hydrogen) atoms. The third kappa shape index (κ3) is 21.2. The quantitative estimate of drug-likeness (QED) is 0.160. The van der Waals surface area contributed by atoms with E-state index in [9.17, 15) is 0 Å². The average Bonchev–Trinajstić information content (AvgIpc) is 2.54. The first kappa shape index (κ1) is 29.1. The van der Waals surface area contributed by atoms with Gasteiger partial charge in [0.25, 0.3) is 0 Å². The van der Waals surface area contributed by atoms with Crippen molar-refractivity contribution in [1.82, 2.24) is 0 Å². The summed E-state index contributed by atoms with van der Waals surface area (Å²) in [7, 11) is -2.13. The molecule has 0 rings (SSSR count). The minimum atomic E-state index is -2.13. The third-order valence-electron chi connectivity index (χ3n) is 5.28. The highest BCUT2D eigenvalue weighted by atomic mass is 28.4. The summed E-state index contributed by atoms with van der Waals surface area (Å²) in [6.45, 7) is 17.4. The van der Waals surface area contributed by atoms with E-state index in [4.69, 9.17) is 8.85 Å². The number of hydrogen-bond acceptors (Lipinski definition) is 2. The fraction of sp³-hybridized carbons (Fsp3) is 1.00. The van der Waals surface area contributed by atoms with Gasteiger partial charge in [0.2, 0.25) is 0 Å². The summed E-state index contributed by atoms with van der Waals surface area (Å²) in [5.74, 6) is 0. The molecule has 0 spiro atoms. The maximum atomic E-state index is 6.44. The van der Waals surface area contributed by atoms with Crippen molar-refractivity contribution < 1.29 is 8.85 Å². The van der Waals surface area contributed by atoms with Gasteiger partial charge in [0.05, 0.1) is 11.2 Å². The van der Waals surface area contributed by atoms with Crippen LogP contribution in [-0.4, -0.2) is 19.8 Å². The molecule has 0 bridgehead atoms. The van der Waals surface area contributed by atoms with Crippen molar-refractivity contribution in [1.29, 1.82) is 0 Å². The maximum absolute atomic E-state index is 6.44. The molecule has 0 radical (unpaired) electrons. The normalized spacial score (nSPS) is 13.2. The van der Waals surface area contributed by atoms with Crippen molar-refractivity contribution in [2.75, 3.05) is 0 Å². The Morgan fingerprint density at radius 2 is 0.759 bits per heavy atom. The topological polar surface area (TPSA) is 18.5 Å². The van der Waals surface area contributed by atoms with E-state index in [1.54, 1.807) is 0 Å². The van der Waals surface area contributed by atoms with E-state index in [0.717, 1.165) is 6.04 Å². The smallest absolute Gasteiger partial charge is 0.335 e. The highest BCUT2D eigenvalue weighted by molar-refractivity contribution is 6.66. The molecular formula is C26H56O2Si. The van der Waals surface area contributed by atoms with Gasteiger partial charge in [-0.3, -0.25) is 0 Å². The Morgan fingerprint density at radius 3 is 1.03 bits per heavy atom. The lowest BCUT2D eigenvalue weighted by Gasteiger charge is -2.39. The van der Waals surface area contributed by atoms with Gasteiger partial charge in [0.1, 0.15) is 0 Å². The summed E-state index contributed by atoms with van der Waals surface area (Å²) >= 11 is 0. The lowest BCUT2D eigenvalue weighted by molar-refractivity contribution is 0.0173. The van der Waals surface area contributed by atoms with Crippen molar-refractivity contribution in [3.05, 3.63) is 0 Å². The number of rotatable bonds is 18. The maximum Gasteiger partial charge on any atom is 0.335 e. The predicted octanol–water partition coefficient (Wildman–Crippen LogP) is 9.56. The van der Waals surface area contributed by atoms with E-state index < -0.39 is 8.56 Å². The Morgan fingerprint density at radius 1 is 0.483 bits per heavy atom. The molecule has 0 amide bonds. The van der Waals surface area contributed by atoms with Gasteiger partial charge in [-0.05, 0) is 54.1 Å². The SMILES string of the molecule is CCCCCCCCCCCCCCCCC[Si](C)(OC(C)(C)C)OC(C)(C)C. The van der Waals surface area contributed by atoms with Crippen LogP contribution >= 0.6 is 0 Å². The molecule has 0 aromatic carbocycles. The van der Waals surface area contributed by atoms with Crippen LogP contribution < -0.4 is 0 Å². The van der Waals surface area contributed by atoms with Crippen LogP contribution in [0.5, 0.6) is 0 Å². The highest BCUT2D eigenvalue weighted by Crippen LogP contribution is 2.28. The molecule has 3 heteroatoms. The third-order valence-corrected chi connectivity index (χ3v) is 8.63. The van der Waals surface area contributed by atoms with Crippen LogP contribution in [0.4, 0.5) is 0 Å². The van der Waals surface area contributed by atoms with E-state index in [1.807, 2.05) is 0 Å².